The molecular weight excluding hydrogens is 388 g/mol. The van der Waals surface area contributed by atoms with Crippen LogP contribution in [0, 0.1) is 0 Å². The Kier molecular flexibility index (Phi) is 7.60. The van der Waals surface area contributed by atoms with Crippen molar-refractivity contribution in [3.8, 4) is 0 Å². The summed E-state index contributed by atoms with van der Waals surface area (Å²) in [7, 11) is 2.03. The van der Waals surface area contributed by atoms with Gasteiger partial charge in [0.2, 0.25) is 5.91 Å². The Morgan fingerprint density at radius 1 is 0.767 bits per heavy atom. The van der Waals surface area contributed by atoms with E-state index in [-0.39, 0.29) is 18.9 Å². The first-order chi connectivity index (χ1) is 13.7. The van der Waals surface area contributed by atoms with E-state index in [4.69, 9.17) is 9.47 Å². The first-order valence-electron chi connectivity index (χ1n) is 10.7. The normalized spacial score (nSPS) is 21.4. The van der Waals surface area contributed by atoms with Gasteiger partial charge in [0.15, 0.2) is 0 Å². The number of carbonyl (C=O) groups excluding carboxylic acids is 3. The third kappa shape index (κ3) is 7.34. The quantitative estimate of drug-likeness (QED) is 0.672. The highest BCUT2D eigenvalue weighted by atomic mass is 16.6. The van der Waals surface area contributed by atoms with Gasteiger partial charge in [-0.05, 0) is 48.6 Å². The molecule has 0 saturated carbocycles. The molecule has 2 fully saturated rings. The van der Waals surface area contributed by atoms with Gasteiger partial charge in [0, 0.05) is 52.2 Å². The maximum absolute atomic E-state index is 12.9. The molecule has 2 aliphatic rings. The number of ether oxygens (including phenoxy) is 2. The zero-order chi connectivity index (χ0) is 22.7. The minimum atomic E-state index is -0.634. The smallest absolute Gasteiger partial charge is 0.410 e. The second-order valence-electron chi connectivity index (χ2n) is 10.1. The Balaban J connectivity index is 2.10. The SMILES string of the molecule is CN1CCN(C(=O)CC2CN(C(=O)OC(C)(C)C)CCN2C(=O)OC(C)(C)C)CC1. The molecule has 0 N–H and O–H groups in total. The average Bonchev–Trinajstić information content (AvgIpc) is 2.59. The van der Waals surface area contributed by atoms with Crippen LogP contribution in [0.4, 0.5) is 9.59 Å². The second-order valence-corrected chi connectivity index (χ2v) is 10.1. The minimum Gasteiger partial charge on any atom is -0.444 e. The number of carbonyl (C=O) groups is 3. The van der Waals surface area contributed by atoms with E-state index in [9.17, 15) is 14.4 Å². The number of piperazine rings is 2. The summed E-state index contributed by atoms with van der Waals surface area (Å²) in [5, 5.41) is 0. The van der Waals surface area contributed by atoms with Crippen LogP contribution in [0.25, 0.3) is 0 Å². The van der Waals surface area contributed by atoms with E-state index in [1.807, 2.05) is 53.5 Å². The zero-order valence-electron chi connectivity index (χ0n) is 19.6. The monoisotopic (exact) mass is 426 g/mol. The Hall–Kier alpha value is -2.03. The van der Waals surface area contributed by atoms with Crippen molar-refractivity contribution < 1.29 is 23.9 Å². The van der Waals surface area contributed by atoms with Crippen molar-refractivity contribution in [3.63, 3.8) is 0 Å². The summed E-state index contributed by atoms with van der Waals surface area (Å²) in [6, 6.07) is -0.451. The standard InChI is InChI=1S/C21H38N4O5/c1-20(2,3)29-18(27)24-12-13-25(19(28)30-21(4,5)6)16(15-24)14-17(26)23-10-8-22(7)9-11-23/h16H,8-15H2,1-7H3. The Labute approximate surface area is 180 Å². The molecule has 0 radical (unpaired) electrons. The van der Waals surface area contributed by atoms with Gasteiger partial charge >= 0.3 is 12.2 Å². The number of hydrogen-bond acceptors (Lipinski definition) is 6. The summed E-state index contributed by atoms with van der Waals surface area (Å²) in [5.74, 6) is -0.00676. The predicted octanol–water partition coefficient (Wildman–Crippen LogP) is 2.01. The first kappa shape index (κ1) is 24.2. The molecule has 1 unspecified atom stereocenters. The molecule has 0 aliphatic carbocycles. The van der Waals surface area contributed by atoms with Crippen molar-refractivity contribution in [1.29, 1.82) is 0 Å². The van der Waals surface area contributed by atoms with Gasteiger partial charge in [0.05, 0.1) is 6.04 Å². The summed E-state index contributed by atoms with van der Waals surface area (Å²) in [5.41, 5.74) is -1.24. The molecule has 30 heavy (non-hydrogen) atoms. The molecule has 2 heterocycles. The highest BCUT2D eigenvalue weighted by Gasteiger charge is 2.38. The van der Waals surface area contributed by atoms with Crippen molar-refractivity contribution >= 4 is 18.1 Å². The third-order valence-electron chi connectivity index (χ3n) is 5.03. The van der Waals surface area contributed by atoms with Crippen LogP contribution in [0.5, 0.6) is 0 Å². The van der Waals surface area contributed by atoms with E-state index in [1.54, 1.807) is 9.80 Å². The van der Waals surface area contributed by atoms with Crippen LogP contribution in [0.3, 0.4) is 0 Å². The summed E-state index contributed by atoms with van der Waals surface area (Å²) in [4.78, 5) is 45.4. The highest BCUT2D eigenvalue weighted by Crippen LogP contribution is 2.21. The van der Waals surface area contributed by atoms with Crippen molar-refractivity contribution in [3.05, 3.63) is 0 Å². The number of hydrogen-bond donors (Lipinski definition) is 0. The van der Waals surface area contributed by atoms with Gasteiger partial charge in [-0.25, -0.2) is 9.59 Å². The molecule has 3 amide bonds. The largest absolute Gasteiger partial charge is 0.444 e. The maximum atomic E-state index is 12.9. The molecule has 9 heteroatoms. The summed E-state index contributed by atoms with van der Waals surface area (Å²) in [6.07, 6.45) is -0.728. The van der Waals surface area contributed by atoms with E-state index >= 15 is 0 Å². The van der Waals surface area contributed by atoms with Crippen molar-refractivity contribution in [2.75, 3.05) is 52.9 Å². The Bertz CT molecular complexity index is 632. The highest BCUT2D eigenvalue weighted by molar-refractivity contribution is 5.78. The third-order valence-corrected chi connectivity index (χ3v) is 5.03. The Morgan fingerprint density at radius 3 is 1.80 bits per heavy atom. The van der Waals surface area contributed by atoms with Gasteiger partial charge in [-0.3, -0.25) is 4.79 Å². The molecular formula is C21H38N4O5. The van der Waals surface area contributed by atoms with Crippen LogP contribution in [-0.4, -0.2) is 108 Å². The summed E-state index contributed by atoms with van der Waals surface area (Å²) in [6.45, 7) is 14.8. The lowest BCUT2D eigenvalue weighted by Crippen LogP contribution is -2.59. The van der Waals surface area contributed by atoms with Crippen LogP contribution in [0.2, 0.25) is 0 Å². The van der Waals surface area contributed by atoms with Gasteiger partial charge in [0.25, 0.3) is 0 Å². The number of likely N-dealkylation sites (N-methyl/N-ethyl adjacent to an activating group) is 1. The van der Waals surface area contributed by atoms with E-state index in [1.165, 1.54) is 0 Å². The number of nitrogens with zero attached hydrogens (tertiary/aromatic N) is 4. The molecule has 0 bridgehead atoms. The zero-order valence-corrected chi connectivity index (χ0v) is 19.6. The first-order valence-corrected chi connectivity index (χ1v) is 10.7. The van der Waals surface area contributed by atoms with Crippen LogP contribution in [0.15, 0.2) is 0 Å². The predicted molar refractivity (Wildman–Crippen MR) is 113 cm³/mol. The van der Waals surface area contributed by atoms with Crippen molar-refractivity contribution in [2.45, 2.75) is 65.2 Å². The molecule has 2 aliphatic heterocycles. The van der Waals surface area contributed by atoms with E-state index < -0.39 is 29.4 Å². The number of rotatable bonds is 2. The molecule has 0 spiro atoms. The van der Waals surface area contributed by atoms with Gasteiger partial charge in [0.1, 0.15) is 11.2 Å². The van der Waals surface area contributed by atoms with Crippen molar-refractivity contribution in [1.82, 2.24) is 19.6 Å². The molecule has 0 aromatic carbocycles. The average molecular weight is 427 g/mol. The molecule has 0 aromatic rings. The lowest BCUT2D eigenvalue weighted by molar-refractivity contribution is -0.134. The van der Waals surface area contributed by atoms with Crippen LogP contribution in [-0.2, 0) is 14.3 Å². The summed E-state index contributed by atoms with van der Waals surface area (Å²) < 4.78 is 11.0. The summed E-state index contributed by atoms with van der Waals surface area (Å²) >= 11 is 0. The van der Waals surface area contributed by atoms with E-state index in [0.717, 1.165) is 13.1 Å². The van der Waals surface area contributed by atoms with Crippen LogP contribution >= 0.6 is 0 Å². The maximum Gasteiger partial charge on any atom is 0.410 e. The molecule has 1 atom stereocenters. The van der Waals surface area contributed by atoms with Gasteiger partial charge in [-0.1, -0.05) is 0 Å². The molecule has 2 rings (SSSR count). The van der Waals surface area contributed by atoms with Crippen molar-refractivity contribution in [2.24, 2.45) is 0 Å². The lowest BCUT2D eigenvalue weighted by Gasteiger charge is -2.42. The lowest BCUT2D eigenvalue weighted by atomic mass is 10.1. The molecule has 9 nitrogen and oxygen atoms in total. The topological polar surface area (TPSA) is 82.6 Å². The van der Waals surface area contributed by atoms with Gasteiger partial charge in [-0.2, -0.15) is 0 Å². The molecule has 172 valence electrons. The molecule has 2 saturated heterocycles. The second kappa shape index (κ2) is 9.41. The van der Waals surface area contributed by atoms with E-state index in [2.05, 4.69) is 4.90 Å². The van der Waals surface area contributed by atoms with Crippen LogP contribution < -0.4 is 0 Å². The fourth-order valence-electron chi connectivity index (χ4n) is 3.47. The molecule has 0 aromatic heterocycles. The fraction of sp³-hybridized carbons (Fsp3) is 0.857. The number of amides is 3. The van der Waals surface area contributed by atoms with Crippen LogP contribution in [0.1, 0.15) is 48.0 Å². The minimum absolute atomic E-state index is 0.00676. The fourth-order valence-corrected chi connectivity index (χ4v) is 3.47. The Morgan fingerprint density at radius 2 is 1.27 bits per heavy atom. The van der Waals surface area contributed by atoms with E-state index in [0.29, 0.717) is 26.2 Å². The van der Waals surface area contributed by atoms with Gasteiger partial charge in [-0.15, -0.1) is 0 Å². The van der Waals surface area contributed by atoms with Gasteiger partial charge < -0.3 is 29.1 Å².